The molecular weight excluding hydrogens is 429 g/mol. The van der Waals surface area contributed by atoms with Gasteiger partial charge in [0.2, 0.25) is 0 Å². The number of halogens is 5. The summed E-state index contributed by atoms with van der Waals surface area (Å²) in [5.74, 6) is -0.477. The Morgan fingerprint density at radius 3 is 2.62 bits per heavy atom. The number of benzene rings is 2. The molecule has 2 aromatic carbocycles. The van der Waals surface area contributed by atoms with Gasteiger partial charge in [-0.3, -0.25) is 0 Å². The van der Waals surface area contributed by atoms with Gasteiger partial charge in [-0.15, -0.1) is 0 Å². The van der Waals surface area contributed by atoms with Crippen molar-refractivity contribution < 1.29 is 13.5 Å². The Morgan fingerprint density at radius 1 is 1.10 bits per heavy atom. The van der Waals surface area contributed by atoms with E-state index < -0.39 is 16.5 Å². The van der Waals surface area contributed by atoms with Gasteiger partial charge in [0.25, 0.3) is 0 Å². The molecular formula is C15H9Br2ClF2O. The number of hydrogen-bond donors (Lipinski definition) is 0. The van der Waals surface area contributed by atoms with Crippen molar-refractivity contribution in [1.29, 1.82) is 0 Å². The van der Waals surface area contributed by atoms with E-state index in [4.69, 9.17) is 16.3 Å². The number of fused-ring (bicyclic) bond motifs is 1. The average molecular weight is 438 g/mol. The lowest BCUT2D eigenvalue weighted by atomic mass is 10.0. The fourth-order valence-corrected chi connectivity index (χ4v) is 3.75. The lowest BCUT2D eigenvalue weighted by molar-refractivity contribution is 0.353. The molecule has 0 amide bonds. The minimum atomic E-state index is -0.648. The van der Waals surface area contributed by atoms with Crippen LogP contribution in [0.5, 0.6) is 5.75 Å². The maximum atomic E-state index is 14.1. The average Bonchev–Trinajstić information content (AvgIpc) is 2.89. The second kappa shape index (κ2) is 5.86. The number of rotatable bonds is 2. The molecule has 2 aromatic rings. The largest absolute Gasteiger partial charge is 0.493 e. The zero-order valence-electron chi connectivity index (χ0n) is 10.6. The van der Waals surface area contributed by atoms with E-state index in [2.05, 4.69) is 31.9 Å². The lowest BCUT2D eigenvalue weighted by Gasteiger charge is -2.16. The predicted octanol–water partition coefficient (Wildman–Crippen LogP) is 5.80. The van der Waals surface area contributed by atoms with Crippen molar-refractivity contribution in [1.82, 2.24) is 0 Å². The van der Waals surface area contributed by atoms with Crippen molar-refractivity contribution in [2.24, 2.45) is 0 Å². The summed E-state index contributed by atoms with van der Waals surface area (Å²) in [4.78, 5) is -0.520. The SMILES string of the molecule is Fc1cc(C(Br)c2cc(Br)cc3c2OCC3)c(F)cc1Cl. The molecule has 0 saturated heterocycles. The van der Waals surface area contributed by atoms with Crippen LogP contribution in [0.15, 0.2) is 28.7 Å². The van der Waals surface area contributed by atoms with Gasteiger partial charge in [0.1, 0.15) is 17.4 Å². The van der Waals surface area contributed by atoms with Crippen molar-refractivity contribution >= 4 is 43.5 Å². The highest BCUT2D eigenvalue weighted by Crippen LogP contribution is 2.43. The number of hydrogen-bond acceptors (Lipinski definition) is 1. The molecule has 1 aliphatic rings. The normalized spacial score (nSPS) is 14.7. The fraction of sp³-hybridized carbons (Fsp3) is 0.200. The van der Waals surface area contributed by atoms with Crippen LogP contribution in [0.2, 0.25) is 5.02 Å². The van der Waals surface area contributed by atoms with Crippen LogP contribution in [-0.4, -0.2) is 6.61 Å². The van der Waals surface area contributed by atoms with E-state index >= 15 is 0 Å². The summed E-state index contributed by atoms with van der Waals surface area (Å²) in [6, 6.07) is 5.92. The van der Waals surface area contributed by atoms with Crippen LogP contribution in [0.1, 0.15) is 21.5 Å². The number of ether oxygens (including phenoxy) is 1. The minimum Gasteiger partial charge on any atom is -0.493 e. The first-order valence-electron chi connectivity index (χ1n) is 6.21. The van der Waals surface area contributed by atoms with Crippen molar-refractivity contribution in [3.63, 3.8) is 0 Å². The summed E-state index contributed by atoms with van der Waals surface area (Å²) in [7, 11) is 0. The van der Waals surface area contributed by atoms with Crippen LogP contribution >= 0.6 is 43.5 Å². The Kier molecular flexibility index (Phi) is 4.26. The van der Waals surface area contributed by atoms with E-state index in [1.807, 2.05) is 12.1 Å². The summed E-state index contributed by atoms with van der Waals surface area (Å²) >= 11 is 12.5. The smallest absolute Gasteiger partial charge is 0.142 e. The quantitative estimate of drug-likeness (QED) is 0.425. The molecule has 21 heavy (non-hydrogen) atoms. The minimum absolute atomic E-state index is 0.188. The molecule has 6 heteroatoms. The fourth-order valence-electron chi connectivity index (χ4n) is 2.39. The van der Waals surface area contributed by atoms with E-state index in [0.29, 0.717) is 6.61 Å². The molecule has 0 aromatic heterocycles. The van der Waals surface area contributed by atoms with E-state index in [0.717, 1.165) is 39.9 Å². The van der Waals surface area contributed by atoms with Gasteiger partial charge in [0.15, 0.2) is 0 Å². The van der Waals surface area contributed by atoms with Gasteiger partial charge >= 0.3 is 0 Å². The summed E-state index contributed by atoms with van der Waals surface area (Å²) in [6.45, 7) is 0.593. The summed E-state index contributed by atoms with van der Waals surface area (Å²) in [5, 5.41) is -0.230. The third kappa shape index (κ3) is 2.83. The van der Waals surface area contributed by atoms with E-state index in [-0.39, 0.29) is 10.6 Å². The highest BCUT2D eigenvalue weighted by Gasteiger charge is 2.25. The molecule has 1 heterocycles. The van der Waals surface area contributed by atoms with Crippen LogP contribution in [-0.2, 0) is 6.42 Å². The Labute approximate surface area is 142 Å². The first-order valence-corrected chi connectivity index (χ1v) is 8.29. The summed E-state index contributed by atoms with van der Waals surface area (Å²) in [5.41, 5.74) is 2.00. The summed E-state index contributed by atoms with van der Waals surface area (Å²) < 4.78 is 34.2. The first-order chi connectivity index (χ1) is 9.97. The highest BCUT2D eigenvalue weighted by molar-refractivity contribution is 9.10. The molecule has 0 bridgehead atoms. The van der Waals surface area contributed by atoms with Crippen LogP contribution in [0.3, 0.4) is 0 Å². The number of alkyl halides is 1. The molecule has 1 aliphatic heterocycles. The van der Waals surface area contributed by atoms with E-state index in [9.17, 15) is 8.78 Å². The molecule has 3 rings (SSSR count). The molecule has 1 atom stereocenters. The van der Waals surface area contributed by atoms with Crippen molar-refractivity contribution in [3.05, 3.63) is 62.1 Å². The van der Waals surface area contributed by atoms with Gasteiger partial charge in [-0.05, 0) is 29.8 Å². The Balaban J connectivity index is 2.11. The van der Waals surface area contributed by atoms with Crippen LogP contribution < -0.4 is 4.74 Å². The van der Waals surface area contributed by atoms with Gasteiger partial charge < -0.3 is 4.74 Å². The third-order valence-electron chi connectivity index (χ3n) is 3.36. The Morgan fingerprint density at radius 2 is 1.86 bits per heavy atom. The zero-order chi connectivity index (χ0) is 15.1. The maximum Gasteiger partial charge on any atom is 0.142 e. The van der Waals surface area contributed by atoms with Gasteiger partial charge in [-0.25, -0.2) is 8.78 Å². The van der Waals surface area contributed by atoms with Crippen LogP contribution in [0, 0.1) is 11.6 Å². The van der Waals surface area contributed by atoms with Gasteiger partial charge in [0, 0.05) is 22.0 Å². The second-order valence-electron chi connectivity index (χ2n) is 4.73. The lowest BCUT2D eigenvalue weighted by Crippen LogP contribution is -2.01. The Bertz CT molecular complexity index is 721. The van der Waals surface area contributed by atoms with Crippen molar-refractivity contribution in [3.8, 4) is 5.75 Å². The third-order valence-corrected chi connectivity index (χ3v) is 5.10. The van der Waals surface area contributed by atoms with Crippen molar-refractivity contribution in [2.75, 3.05) is 6.61 Å². The molecule has 1 unspecified atom stereocenters. The van der Waals surface area contributed by atoms with E-state index in [1.54, 1.807) is 0 Å². The zero-order valence-corrected chi connectivity index (χ0v) is 14.5. The molecule has 0 spiro atoms. The van der Waals surface area contributed by atoms with Crippen LogP contribution in [0.25, 0.3) is 0 Å². The highest BCUT2D eigenvalue weighted by atomic mass is 79.9. The molecule has 0 radical (unpaired) electrons. The molecule has 0 N–H and O–H groups in total. The van der Waals surface area contributed by atoms with E-state index in [1.165, 1.54) is 0 Å². The summed E-state index contributed by atoms with van der Waals surface area (Å²) in [6.07, 6.45) is 0.805. The topological polar surface area (TPSA) is 9.23 Å². The molecule has 0 aliphatic carbocycles. The second-order valence-corrected chi connectivity index (χ2v) is 6.97. The predicted molar refractivity (Wildman–Crippen MR) is 85.5 cm³/mol. The first kappa shape index (κ1) is 15.3. The van der Waals surface area contributed by atoms with Crippen LogP contribution in [0.4, 0.5) is 8.78 Å². The maximum absolute atomic E-state index is 14.1. The molecule has 0 fully saturated rings. The van der Waals surface area contributed by atoms with Gasteiger partial charge in [-0.1, -0.05) is 43.5 Å². The molecule has 0 saturated carbocycles. The van der Waals surface area contributed by atoms with Gasteiger partial charge in [0.05, 0.1) is 16.5 Å². The van der Waals surface area contributed by atoms with Crippen molar-refractivity contribution in [2.45, 2.75) is 11.2 Å². The standard InChI is InChI=1S/C15H9Br2ClF2O/c16-8-3-7-1-2-21-15(7)10(4-8)14(17)9-5-13(20)11(18)6-12(9)19/h3-6,14H,1-2H2. The molecule has 110 valence electrons. The molecule has 1 nitrogen and oxygen atoms in total. The monoisotopic (exact) mass is 436 g/mol. The van der Waals surface area contributed by atoms with Gasteiger partial charge in [-0.2, -0.15) is 0 Å². The Hall–Kier alpha value is -0.650.